The lowest BCUT2D eigenvalue weighted by Crippen LogP contribution is -2.13. The summed E-state index contributed by atoms with van der Waals surface area (Å²) in [6.07, 6.45) is 4.73. The molecule has 0 atom stereocenters. The summed E-state index contributed by atoms with van der Waals surface area (Å²) in [4.78, 5) is 0. The minimum Gasteiger partial charge on any atom is -0.507 e. The molecule has 0 saturated carbocycles. The third-order valence-corrected chi connectivity index (χ3v) is 9.77. The summed E-state index contributed by atoms with van der Waals surface area (Å²) in [5.74, 6) is 7.53. The van der Waals surface area contributed by atoms with Gasteiger partial charge in [0, 0.05) is 59.6 Å². The normalized spacial score (nSPS) is 13.4. The second-order valence-electron chi connectivity index (χ2n) is 15.4. The van der Waals surface area contributed by atoms with Crippen LogP contribution in [0.5, 0.6) is 11.5 Å². The highest BCUT2D eigenvalue weighted by molar-refractivity contribution is 6.06. The fourth-order valence-electron chi connectivity index (χ4n) is 7.08. The van der Waals surface area contributed by atoms with Crippen molar-refractivity contribution in [1.82, 2.24) is 0 Å². The Kier molecular flexibility index (Phi) is 9.66. The largest absolute Gasteiger partial charge is 0.507 e. The molecule has 0 radical (unpaired) electrons. The van der Waals surface area contributed by atoms with Crippen molar-refractivity contribution in [3.05, 3.63) is 118 Å². The molecule has 4 nitrogen and oxygen atoms in total. The lowest BCUT2D eigenvalue weighted by Gasteiger charge is -2.25. The number of hydrogen-bond acceptors (Lipinski definition) is 4. The Morgan fingerprint density at radius 3 is 1.84 bits per heavy atom. The average molecular weight is 651 g/mol. The SMILES string of the molecule is CC(C)(C)c1cccc(CNc2ccc3c(c2-c2c(NCc4cccc(C(C)(C)C)c4O)ccc4ccccc24)CCCCC#CC3)c1O. The molecule has 252 valence electrons. The second kappa shape index (κ2) is 13.9. The quantitative estimate of drug-likeness (QED) is 0.132. The highest BCUT2D eigenvalue weighted by atomic mass is 16.3. The van der Waals surface area contributed by atoms with E-state index in [-0.39, 0.29) is 10.8 Å². The highest BCUT2D eigenvalue weighted by Crippen LogP contribution is 2.45. The molecular formula is C45H50N2O2. The van der Waals surface area contributed by atoms with E-state index in [0.29, 0.717) is 24.6 Å². The second-order valence-corrected chi connectivity index (χ2v) is 15.4. The van der Waals surface area contributed by atoms with Crippen LogP contribution in [0.1, 0.15) is 94.2 Å². The zero-order valence-electron chi connectivity index (χ0n) is 29.9. The number of anilines is 2. The zero-order chi connectivity index (χ0) is 34.8. The molecule has 0 saturated heterocycles. The Morgan fingerprint density at radius 1 is 0.612 bits per heavy atom. The minimum atomic E-state index is -0.169. The van der Waals surface area contributed by atoms with Gasteiger partial charge < -0.3 is 20.8 Å². The summed E-state index contributed by atoms with van der Waals surface area (Å²) in [7, 11) is 0. The fourth-order valence-corrected chi connectivity index (χ4v) is 7.08. The van der Waals surface area contributed by atoms with Crippen LogP contribution in [-0.2, 0) is 36.8 Å². The van der Waals surface area contributed by atoms with Gasteiger partial charge in [0.1, 0.15) is 11.5 Å². The molecule has 0 fully saturated rings. The lowest BCUT2D eigenvalue weighted by molar-refractivity contribution is 0.440. The molecule has 5 aromatic carbocycles. The molecule has 4 heteroatoms. The molecule has 1 aliphatic carbocycles. The summed E-state index contributed by atoms with van der Waals surface area (Å²) in [6.45, 7) is 13.8. The first kappa shape index (κ1) is 34.0. The maximum atomic E-state index is 11.4. The monoisotopic (exact) mass is 650 g/mol. The first-order chi connectivity index (χ1) is 23.4. The summed E-state index contributed by atoms with van der Waals surface area (Å²) in [5, 5.41) is 32.6. The molecule has 0 spiro atoms. The summed E-state index contributed by atoms with van der Waals surface area (Å²) >= 11 is 0. The predicted molar refractivity (Wildman–Crippen MR) is 207 cm³/mol. The number of phenolic OH excluding ortho intramolecular Hbond substituents is 2. The number of hydrogen-bond donors (Lipinski definition) is 4. The molecule has 6 rings (SSSR count). The molecule has 1 aliphatic rings. The van der Waals surface area contributed by atoms with Crippen molar-refractivity contribution in [2.75, 3.05) is 10.6 Å². The summed E-state index contributed by atoms with van der Waals surface area (Å²) in [5.41, 5.74) is 10.2. The van der Waals surface area contributed by atoms with Gasteiger partial charge in [-0.05, 0) is 75.3 Å². The van der Waals surface area contributed by atoms with Crippen LogP contribution in [-0.4, -0.2) is 10.2 Å². The van der Waals surface area contributed by atoms with Gasteiger partial charge in [-0.2, -0.15) is 0 Å². The van der Waals surface area contributed by atoms with Gasteiger partial charge in [0.15, 0.2) is 0 Å². The Labute approximate surface area is 292 Å². The topological polar surface area (TPSA) is 64.5 Å². The number of aromatic hydroxyl groups is 2. The molecule has 0 heterocycles. The molecule has 0 unspecified atom stereocenters. The van der Waals surface area contributed by atoms with Crippen LogP contribution in [0.2, 0.25) is 0 Å². The number of rotatable bonds is 7. The van der Waals surface area contributed by atoms with E-state index in [4.69, 9.17) is 0 Å². The van der Waals surface area contributed by atoms with Gasteiger partial charge in [-0.3, -0.25) is 0 Å². The maximum Gasteiger partial charge on any atom is 0.124 e. The highest BCUT2D eigenvalue weighted by Gasteiger charge is 2.24. The van der Waals surface area contributed by atoms with Crippen molar-refractivity contribution in [3.63, 3.8) is 0 Å². The van der Waals surface area contributed by atoms with Gasteiger partial charge in [0.2, 0.25) is 0 Å². The van der Waals surface area contributed by atoms with Gasteiger partial charge in [0.05, 0.1) is 0 Å². The van der Waals surface area contributed by atoms with Crippen LogP contribution in [0.3, 0.4) is 0 Å². The van der Waals surface area contributed by atoms with E-state index in [1.807, 2.05) is 36.4 Å². The van der Waals surface area contributed by atoms with Crippen molar-refractivity contribution in [2.24, 2.45) is 0 Å². The van der Waals surface area contributed by atoms with Crippen molar-refractivity contribution in [2.45, 2.75) is 97.6 Å². The molecule has 49 heavy (non-hydrogen) atoms. The Hall–Kier alpha value is -4.88. The molecule has 0 aliphatic heterocycles. The average Bonchev–Trinajstić information content (AvgIpc) is 3.18. The number of fused-ring (bicyclic) bond motifs is 2. The smallest absolute Gasteiger partial charge is 0.124 e. The van der Waals surface area contributed by atoms with Crippen LogP contribution < -0.4 is 10.6 Å². The summed E-state index contributed by atoms with van der Waals surface area (Å²) < 4.78 is 0. The fraction of sp³-hybridized carbons (Fsp3) is 0.333. The Balaban J connectivity index is 1.50. The zero-order valence-corrected chi connectivity index (χ0v) is 29.9. The molecule has 0 amide bonds. The molecule has 0 bridgehead atoms. The van der Waals surface area contributed by atoms with E-state index >= 15 is 0 Å². The lowest BCUT2D eigenvalue weighted by atomic mass is 9.85. The van der Waals surface area contributed by atoms with Crippen LogP contribution in [0.15, 0.2) is 84.9 Å². The van der Waals surface area contributed by atoms with E-state index in [2.05, 4.69) is 113 Å². The van der Waals surface area contributed by atoms with Gasteiger partial charge in [-0.1, -0.05) is 120 Å². The van der Waals surface area contributed by atoms with Crippen molar-refractivity contribution < 1.29 is 10.2 Å². The third kappa shape index (κ3) is 7.27. The molecular weight excluding hydrogens is 601 g/mol. The van der Waals surface area contributed by atoms with Crippen LogP contribution in [0.25, 0.3) is 21.9 Å². The third-order valence-electron chi connectivity index (χ3n) is 9.77. The Bertz CT molecular complexity index is 2050. The standard InChI is InChI=1S/C45H50N2O2/c1-44(2,3)36-22-14-18-32(42(36)48)28-46-38-26-24-30-16-10-8-7-9-11-20-34(30)40(38)41-35-21-13-12-17-31(35)25-27-39(41)47-29-33-19-15-23-37(43(33)49)45(4,5)6/h12-15,17-19,21-27,46-49H,7,9,11,16,20,28-29H2,1-6H3. The maximum absolute atomic E-state index is 11.4. The van der Waals surface area contributed by atoms with Crippen molar-refractivity contribution in [1.29, 1.82) is 0 Å². The van der Waals surface area contributed by atoms with Crippen LogP contribution in [0.4, 0.5) is 11.4 Å². The number of para-hydroxylation sites is 2. The van der Waals surface area contributed by atoms with E-state index in [1.165, 1.54) is 27.5 Å². The van der Waals surface area contributed by atoms with E-state index < -0.39 is 0 Å². The summed E-state index contributed by atoms with van der Waals surface area (Å²) in [6, 6.07) is 29.5. The van der Waals surface area contributed by atoms with E-state index in [0.717, 1.165) is 71.3 Å². The minimum absolute atomic E-state index is 0.169. The predicted octanol–water partition coefficient (Wildman–Crippen LogP) is 11.0. The van der Waals surface area contributed by atoms with E-state index in [9.17, 15) is 10.2 Å². The van der Waals surface area contributed by atoms with Gasteiger partial charge in [-0.15, -0.1) is 5.92 Å². The molecule has 5 aromatic rings. The Morgan fingerprint density at radius 2 is 1.20 bits per heavy atom. The van der Waals surface area contributed by atoms with Crippen molar-refractivity contribution in [3.8, 4) is 34.5 Å². The van der Waals surface area contributed by atoms with Gasteiger partial charge in [0.25, 0.3) is 0 Å². The molecule has 0 aromatic heterocycles. The van der Waals surface area contributed by atoms with Crippen molar-refractivity contribution >= 4 is 22.1 Å². The van der Waals surface area contributed by atoms with Gasteiger partial charge >= 0.3 is 0 Å². The van der Waals surface area contributed by atoms with Gasteiger partial charge in [-0.25, -0.2) is 0 Å². The van der Waals surface area contributed by atoms with E-state index in [1.54, 1.807) is 0 Å². The number of benzene rings is 5. The first-order valence-electron chi connectivity index (χ1n) is 17.7. The number of phenols is 2. The number of nitrogens with one attached hydrogen (secondary N) is 2. The van der Waals surface area contributed by atoms with Crippen LogP contribution in [0, 0.1) is 11.8 Å². The van der Waals surface area contributed by atoms with Crippen LogP contribution >= 0.6 is 0 Å². The molecule has 4 N–H and O–H groups in total. The first-order valence-corrected chi connectivity index (χ1v) is 17.7.